The molecule has 0 aliphatic heterocycles. The van der Waals surface area contributed by atoms with Gasteiger partial charge in [0.2, 0.25) is 0 Å². The van der Waals surface area contributed by atoms with Crippen molar-refractivity contribution in [2.24, 2.45) is 0 Å². The van der Waals surface area contributed by atoms with Crippen molar-refractivity contribution in [3.05, 3.63) is 0 Å². The van der Waals surface area contributed by atoms with Crippen LogP contribution in [-0.4, -0.2) is 43.2 Å². The van der Waals surface area contributed by atoms with Crippen LogP contribution in [0.1, 0.15) is 0 Å². The molecule has 0 aromatic heterocycles. The van der Waals surface area contributed by atoms with E-state index in [0.29, 0.717) is 0 Å². The Morgan fingerprint density at radius 2 is 0.522 bits per heavy atom. The maximum Gasteiger partial charge on any atom is 0.449 e. The van der Waals surface area contributed by atoms with E-state index in [9.17, 15) is 65.9 Å². The van der Waals surface area contributed by atoms with Crippen molar-refractivity contribution < 1.29 is 65.9 Å². The topological polar surface area (TPSA) is 0 Å². The summed E-state index contributed by atoms with van der Waals surface area (Å²) in [6.07, 6.45) is -22.5. The van der Waals surface area contributed by atoms with Gasteiger partial charge in [0, 0.05) is 0 Å². The van der Waals surface area contributed by atoms with Crippen molar-refractivity contribution in [2.75, 3.05) is 0 Å². The van der Waals surface area contributed by atoms with E-state index in [-0.39, 0.29) is 0 Å². The average molecular weight is 400 g/mol. The van der Waals surface area contributed by atoms with Gasteiger partial charge in [-0.2, -0.15) is 39.5 Å². The van der Waals surface area contributed by atoms with E-state index in [4.69, 9.17) is 0 Å². The molecular weight excluding hydrogens is 397 g/mol. The van der Waals surface area contributed by atoms with Crippen molar-refractivity contribution in [1.29, 1.82) is 0 Å². The highest BCUT2D eigenvalue weighted by atomic mass is 28.3. The lowest BCUT2D eigenvalue weighted by Gasteiger charge is -2.45. The Kier molecular flexibility index (Phi) is 4.90. The molecule has 0 aromatic rings. The maximum absolute atomic E-state index is 13.0. The minimum Gasteiger partial charge on any atom is -0.201 e. The second-order valence-corrected chi connectivity index (χ2v) is 8.48. The van der Waals surface area contributed by atoms with Gasteiger partial charge in [0.25, 0.3) is 0 Å². The minimum atomic E-state index is -9.21. The lowest BCUT2D eigenvalue weighted by atomic mass is 10.6. The van der Waals surface area contributed by atoms with Gasteiger partial charge in [-0.15, -0.1) is 0 Å². The summed E-state index contributed by atoms with van der Waals surface area (Å²) in [7, 11) is -9.21. The summed E-state index contributed by atoms with van der Waals surface area (Å²) in [5.41, 5.74) is -22.9. The fraction of sp³-hybridized carbons (Fsp3) is 1.00. The van der Waals surface area contributed by atoms with Crippen LogP contribution in [0.25, 0.3) is 0 Å². The first-order valence-corrected chi connectivity index (χ1v) is 7.33. The molecular formula is C7H3F15Si. The normalized spacial score (nSPS) is 16.7. The molecule has 0 aliphatic carbocycles. The van der Waals surface area contributed by atoms with Crippen LogP contribution in [0.4, 0.5) is 65.9 Å². The van der Waals surface area contributed by atoms with Crippen LogP contribution in [0.5, 0.6) is 0 Å². The SMILES string of the molecule is C[Si](C(F)(F)C(F)(F)F)(C(F)(F)C(F)(F)F)C(F)(F)C(F)(F)F. The molecule has 140 valence electrons. The lowest BCUT2D eigenvalue weighted by molar-refractivity contribution is -0.303. The summed E-state index contributed by atoms with van der Waals surface area (Å²) in [5.74, 6) is 0. The molecule has 0 spiro atoms. The first-order valence-electron chi connectivity index (χ1n) is 4.83. The minimum absolute atomic E-state index is 1.69. The number of rotatable bonds is 3. The fourth-order valence-corrected chi connectivity index (χ4v) is 4.33. The number of alkyl halides is 15. The van der Waals surface area contributed by atoms with Crippen molar-refractivity contribution in [3.8, 4) is 0 Å². The van der Waals surface area contributed by atoms with Crippen LogP contribution in [-0.2, 0) is 0 Å². The highest BCUT2D eigenvalue weighted by molar-refractivity contribution is 6.86. The van der Waals surface area contributed by atoms with Crippen LogP contribution >= 0.6 is 0 Å². The predicted octanol–water partition coefficient (Wildman–Crippen LogP) is 5.28. The molecule has 0 saturated heterocycles. The molecule has 0 fully saturated rings. The highest BCUT2D eigenvalue weighted by Gasteiger charge is 2.95. The van der Waals surface area contributed by atoms with Gasteiger partial charge in [0.1, 0.15) is 0 Å². The van der Waals surface area contributed by atoms with E-state index in [1.807, 2.05) is 0 Å². The van der Waals surface area contributed by atoms with E-state index in [1.165, 1.54) is 0 Å². The fourth-order valence-electron chi connectivity index (χ4n) is 1.44. The molecule has 0 radical (unpaired) electrons. The molecule has 0 rings (SSSR count). The monoisotopic (exact) mass is 400 g/mol. The van der Waals surface area contributed by atoms with Crippen LogP contribution in [0.2, 0.25) is 6.55 Å². The molecule has 0 unspecified atom stereocenters. The third-order valence-corrected chi connectivity index (χ3v) is 7.57. The zero-order valence-corrected chi connectivity index (χ0v) is 11.2. The molecule has 0 aliphatic rings. The Morgan fingerprint density at radius 1 is 0.391 bits per heavy atom. The Bertz CT molecular complexity index is 372. The van der Waals surface area contributed by atoms with E-state index < -0.39 is 49.8 Å². The summed E-state index contributed by atoms with van der Waals surface area (Å²) in [6.45, 7) is -1.69. The van der Waals surface area contributed by atoms with Crippen LogP contribution in [0.3, 0.4) is 0 Å². The molecule has 0 atom stereocenters. The number of halogens is 15. The van der Waals surface area contributed by atoms with Gasteiger partial charge in [-0.1, -0.05) is 6.55 Å². The molecule has 0 nitrogen and oxygen atoms in total. The Hall–Kier alpha value is -0.833. The van der Waals surface area contributed by atoms with E-state index in [2.05, 4.69) is 0 Å². The van der Waals surface area contributed by atoms with Crippen molar-refractivity contribution in [2.45, 2.75) is 41.7 Å². The Balaban J connectivity index is 6.97. The van der Waals surface area contributed by atoms with Crippen molar-refractivity contribution >= 4 is 8.07 Å². The van der Waals surface area contributed by atoms with Gasteiger partial charge in [0.15, 0.2) is 0 Å². The van der Waals surface area contributed by atoms with Crippen LogP contribution in [0, 0.1) is 0 Å². The van der Waals surface area contributed by atoms with E-state index >= 15 is 0 Å². The smallest absolute Gasteiger partial charge is 0.201 e. The molecule has 0 N–H and O–H groups in total. The van der Waals surface area contributed by atoms with Gasteiger partial charge in [-0.05, 0) is 0 Å². The van der Waals surface area contributed by atoms with E-state index in [0.717, 1.165) is 0 Å². The molecule has 0 bridgehead atoms. The zero-order valence-electron chi connectivity index (χ0n) is 10.2. The van der Waals surface area contributed by atoms with Crippen molar-refractivity contribution in [1.82, 2.24) is 0 Å². The van der Waals surface area contributed by atoms with Gasteiger partial charge in [0.05, 0.1) is 0 Å². The maximum atomic E-state index is 13.0. The third kappa shape index (κ3) is 2.75. The lowest BCUT2D eigenvalue weighted by Crippen LogP contribution is -2.83. The molecule has 0 aromatic carbocycles. The Labute approximate surface area is 117 Å². The highest BCUT2D eigenvalue weighted by Crippen LogP contribution is 2.61. The van der Waals surface area contributed by atoms with Gasteiger partial charge < -0.3 is 0 Å². The standard InChI is InChI=1S/C7H3F15Si/c1-23(5(17,18)2(8,9)10,6(19,20)3(11,12)13)7(21,22)4(14,15)16/h1H3. The molecule has 0 heterocycles. The first kappa shape index (κ1) is 22.2. The van der Waals surface area contributed by atoms with Gasteiger partial charge in [-0.3, -0.25) is 0 Å². The average Bonchev–Trinajstić information content (AvgIpc) is 2.22. The molecule has 0 amide bonds. The summed E-state index contributed by atoms with van der Waals surface area (Å²) in [6, 6.07) is 0. The summed E-state index contributed by atoms with van der Waals surface area (Å²) in [5, 5.41) is 0. The van der Waals surface area contributed by atoms with Crippen molar-refractivity contribution in [3.63, 3.8) is 0 Å². The summed E-state index contributed by atoms with van der Waals surface area (Å²) >= 11 is 0. The molecule has 23 heavy (non-hydrogen) atoms. The number of hydrogen-bond acceptors (Lipinski definition) is 0. The first-order chi connectivity index (χ1) is 9.50. The molecule has 0 saturated carbocycles. The summed E-state index contributed by atoms with van der Waals surface area (Å²) in [4.78, 5) is 0. The second kappa shape index (κ2) is 5.08. The third-order valence-electron chi connectivity index (χ3n) is 2.95. The van der Waals surface area contributed by atoms with E-state index in [1.54, 1.807) is 0 Å². The summed E-state index contributed by atoms with van der Waals surface area (Å²) < 4.78 is 186. The quantitative estimate of drug-likeness (QED) is 0.447. The van der Waals surface area contributed by atoms with Gasteiger partial charge >= 0.3 is 43.2 Å². The van der Waals surface area contributed by atoms with Crippen LogP contribution < -0.4 is 0 Å². The molecule has 16 heteroatoms. The number of hydrogen-bond donors (Lipinski definition) is 0. The predicted molar refractivity (Wildman–Crippen MR) is 44.6 cm³/mol. The Morgan fingerprint density at radius 3 is 0.609 bits per heavy atom. The van der Waals surface area contributed by atoms with Crippen LogP contribution in [0.15, 0.2) is 0 Å². The largest absolute Gasteiger partial charge is 0.449 e. The second-order valence-electron chi connectivity index (χ2n) is 4.34. The zero-order chi connectivity index (χ0) is 19.5. The van der Waals surface area contributed by atoms with Gasteiger partial charge in [-0.25, -0.2) is 26.3 Å².